The van der Waals surface area contributed by atoms with Gasteiger partial charge in [0.05, 0.1) is 10.5 Å². The van der Waals surface area contributed by atoms with Crippen molar-refractivity contribution in [2.45, 2.75) is 24.5 Å². The van der Waals surface area contributed by atoms with Gasteiger partial charge in [-0.05, 0) is 47.5 Å². The van der Waals surface area contributed by atoms with Gasteiger partial charge in [-0.2, -0.15) is 17.5 Å². The largest absolute Gasteiger partial charge is 0.481 e. The van der Waals surface area contributed by atoms with Crippen LogP contribution < -0.4 is 4.74 Å². The molecule has 6 nitrogen and oxygen atoms in total. The Kier molecular flexibility index (Phi) is 8.24. The van der Waals surface area contributed by atoms with Crippen LogP contribution in [0.3, 0.4) is 0 Å². The third-order valence-corrected chi connectivity index (χ3v) is 7.17. The number of nitrogens with zero attached hydrogens (tertiary/aromatic N) is 1. The Bertz CT molecular complexity index is 1250. The summed E-state index contributed by atoms with van der Waals surface area (Å²) in [5, 5.41) is 8.94. The average Bonchev–Trinajstić information content (AvgIpc) is 2.82. The number of benzene rings is 3. The first-order valence-electron chi connectivity index (χ1n) is 10.5. The van der Waals surface area contributed by atoms with E-state index >= 15 is 0 Å². The Morgan fingerprint density at radius 2 is 1.72 bits per heavy atom. The average molecular weight is 531 g/mol. The monoisotopic (exact) mass is 531 g/mol. The van der Waals surface area contributed by atoms with Crippen LogP contribution in [0.1, 0.15) is 18.1 Å². The van der Waals surface area contributed by atoms with Gasteiger partial charge in [0.2, 0.25) is 0 Å². The van der Waals surface area contributed by atoms with Gasteiger partial charge in [0.1, 0.15) is 5.75 Å². The zero-order valence-corrected chi connectivity index (χ0v) is 19.6. The second kappa shape index (κ2) is 10.8. The number of rotatable bonds is 9. The van der Waals surface area contributed by atoms with E-state index in [0.29, 0.717) is 11.6 Å². The van der Waals surface area contributed by atoms with Crippen molar-refractivity contribution in [2.24, 2.45) is 0 Å². The molecule has 3 rings (SSSR count). The van der Waals surface area contributed by atoms with E-state index in [0.717, 1.165) is 24.3 Å². The van der Waals surface area contributed by atoms with Gasteiger partial charge in [0.25, 0.3) is 0 Å². The van der Waals surface area contributed by atoms with E-state index in [2.05, 4.69) is 0 Å². The Morgan fingerprint density at radius 1 is 1.00 bits per heavy atom. The summed E-state index contributed by atoms with van der Waals surface area (Å²) in [6.45, 7) is 0.801. The number of hydrogen-bond acceptors (Lipinski definition) is 5. The number of aliphatic carboxylic acids is 1. The normalized spacial score (nSPS) is 12.6. The summed E-state index contributed by atoms with van der Waals surface area (Å²) in [5.41, 5.74) is -0.255. The third kappa shape index (κ3) is 6.32. The Hall–Kier alpha value is -3.19. The van der Waals surface area contributed by atoms with Crippen LogP contribution in [0.4, 0.5) is 22.0 Å². The molecule has 0 fully saturated rings. The summed E-state index contributed by atoms with van der Waals surface area (Å²) >= 11 is 0. The molecule has 0 heterocycles. The first-order valence-corrected chi connectivity index (χ1v) is 12.0. The molecule has 194 valence electrons. The summed E-state index contributed by atoms with van der Waals surface area (Å²) in [4.78, 5) is 10.7. The molecule has 0 aliphatic rings. The van der Waals surface area contributed by atoms with E-state index in [4.69, 9.17) is 9.84 Å². The van der Waals surface area contributed by atoms with Crippen LogP contribution in [0.5, 0.6) is 5.75 Å². The van der Waals surface area contributed by atoms with E-state index in [9.17, 15) is 35.9 Å². The van der Waals surface area contributed by atoms with Gasteiger partial charge in [-0.3, -0.25) is 9.11 Å². The van der Waals surface area contributed by atoms with Gasteiger partial charge in [-0.15, -0.1) is 10.8 Å². The number of alkyl halides is 3. The molecule has 0 aliphatic carbocycles. The van der Waals surface area contributed by atoms with Crippen molar-refractivity contribution in [2.75, 3.05) is 13.2 Å². The highest BCUT2D eigenvalue weighted by Gasteiger charge is 2.31. The summed E-state index contributed by atoms with van der Waals surface area (Å²) in [5.74, 6) is -3.68. The number of carboxylic acids is 1. The van der Waals surface area contributed by atoms with E-state index in [1.165, 1.54) is 34.6 Å². The molecule has 0 atom stereocenters. The molecule has 0 aromatic heterocycles. The van der Waals surface area contributed by atoms with Crippen LogP contribution in [-0.2, 0) is 17.5 Å². The van der Waals surface area contributed by atoms with Gasteiger partial charge in [-0.25, -0.2) is 13.6 Å². The molecule has 0 unspecified atom stereocenters. The summed E-state index contributed by atoms with van der Waals surface area (Å²) < 4.78 is 94.8. The minimum atomic E-state index is -4.62. The van der Waals surface area contributed by atoms with Crippen molar-refractivity contribution in [1.82, 2.24) is 4.31 Å². The fourth-order valence-corrected chi connectivity index (χ4v) is 4.91. The van der Waals surface area contributed by atoms with Gasteiger partial charge < -0.3 is 9.84 Å². The second-order valence-corrected chi connectivity index (χ2v) is 9.67. The fraction of sp³-hybridized carbons (Fsp3) is 0.208. The Balaban J connectivity index is 2.01. The predicted octanol–water partition coefficient (Wildman–Crippen LogP) is 6.66. The van der Waals surface area contributed by atoms with Crippen LogP contribution in [0, 0.1) is 11.6 Å². The van der Waals surface area contributed by atoms with Gasteiger partial charge in [0, 0.05) is 24.7 Å². The molecular formula is C24H22F5NO5S. The molecule has 3 aromatic rings. The minimum absolute atomic E-state index is 0.00994. The van der Waals surface area contributed by atoms with Crippen molar-refractivity contribution >= 4 is 16.7 Å². The van der Waals surface area contributed by atoms with E-state index in [1.54, 1.807) is 6.92 Å². The van der Waals surface area contributed by atoms with Crippen molar-refractivity contribution in [3.8, 4) is 16.9 Å². The standard InChI is InChI=1S/C24H22F5NO5S/c1-2-30(36(33,34)18-7-8-20(25)21(26)12-18)13-15-6-9-22(35-14-23(31)32)19(10-15)16-4-3-5-17(11-16)24(27,28)29/h3-12,33-34H,2,13-14H2,1H3,(H,31,32). The molecule has 0 saturated carbocycles. The van der Waals surface area contributed by atoms with E-state index < -0.39 is 46.7 Å². The number of hydrogen-bond donors (Lipinski definition) is 3. The van der Waals surface area contributed by atoms with Gasteiger partial charge >= 0.3 is 12.1 Å². The highest BCUT2D eigenvalue weighted by molar-refractivity contribution is 8.22. The SMILES string of the molecule is CCN(Cc1ccc(OCC(=O)O)c(-c2cccc(C(F)(F)F)c2)c1)S(O)(O)c1ccc(F)c(F)c1. The van der Waals surface area contributed by atoms with Crippen molar-refractivity contribution in [3.05, 3.63) is 83.4 Å². The van der Waals surface area contributed by atoms with Crippen LogP contribution in [0.15, 0.2) is 65.6 Å². The second-order valence-electron chi connectivity index (χ2n) is 7.64. The molecule has 3 aromatic carbocycles. The number of carbonyl (C=O) groups is 1. The lowest BCUT2D eigenvalue weighted by molar-refractivity contribution is -0.139. The smallest absolute Gasteiger partial charge is 0.416 e. The number of halogens is 5. The van der Waals surface area contributed by atoms with Crippen molar-refractivity contribution in [1.29, 1.82) is 0 Å². The lowest BCUT2D eigenvalue weighted by Crippen LogP contribution is -2.27. The highest BCUT2D eigenvalue weighted by atomic mass is 32.3. The lowest BCUT2D eigenvalue weighted by Gasteiger charge is -2.42. The Labute approximate surface area is 205 Å². The first-order chi connectivity index (χ1) is 16.8. The summed E-state index contributed by atoms with van der Waals surface area (Å²) in [6, 6.07) is 11.2. The Morgan fingerprint density at radius 3 is 2.33 bits per heavy atom. The van der Waals surface area contributed by atoms with E-state index in [-0.39, 0.29) is 34.9 Å². The van der Waals surface area contributed by atoms with Crippen LogP contribution >= 0.6 is 10.8 Å². The third-order valence-electron chi connectivity index (χ3n) is 5.17. The fourth-order valence-electron chi connectivity index (χ4n) is 3.41. The van der Waals surface area contributed by atoms with Crippen molar-refractivity contribution in [3.63, 3.8) is 0 Å². The maximum atomic E-state index is 13.7. The first kappa shape index (κ1) is 27.4. The molecule has 36 heavy (non-hydrogen) atoms. The topological polar surface area (TPSA) is 90.2 Å². The maximum Gasteiger partial charge on any atom is 0.416 e. The quantitative estimate of drug-likeness (QED) is 0.268. The zero-order chi connectivity index (χ0) is 26.7. The van der Waals surface area contributed by atoms with Crippen LogP contribution in [0.2, 0.25) is 0 Å². The number of carboxylic acid groups (broad SMARTS) is 1. The molecule has 0 bridgehead atoms. The predicted molar refractivity (Wildman–Crippen MR) is 124 cm³/mol. The van der Waals surface area contributed by atoms with Crippen LogP contribution in [0.25, 0.3) is 11.1 Å². The number of ether oxygens (including phenoxy) is 1. The molecular weight excluding hydrogens is 509 g/mol. The van der Waals surface area contributed by atoms with E-state index in [1.807, 2.05) is 0 Å². The van der Waals surface area contributed by atoms with Crippen molar-refractivity contribution < 1.29 is 45.7 Å². The lowest BCUT2D eigenvalue weighted by atomic mass is 9.99. The molecule has 0 radical (unpaired) electrons. The van der Waals surface area contributed by atoms with Crippen LogP contribution in [-0.4, -0.2) is 37.6 Å². The molecule has 12 heteroatoms. The minimum Gasteiger partial charge on any atom is -0.481 e. The maximum absolute atomic E-state index is 13.7. The van der Waals surface area contributed by atoms with Gasteiger partial charge in [0.15, 0.2) is 18.2 Å². The molecule has 0 saturated heterocycles. The van der Waals surface area contributed by atoms with Gasteiger partial charge in [-0.1, -0.05) is 25.1 Å². The summed E-state index contributed by atoms with van der Waals surface area (Å²) in [6.07, 6.45) is -4.62. The highest BCUT2D eigenvalue weighted by Crippen LogP contribution is 2.52. The molecule has 0 spiro atoms. The molecule has 3 N–H and O–H groups in total. The molecule has 0 amide bonds. The summed E-state index contributed by atoms with van der Waals surface area (Å²) in [7, 11) is -3.75. The molecule has 0 aliphatic heterocycles. The zero-order valence-electron chi connectivity index (χ0n) is 18.8.